The Kier molecular flexibility index (Phi) is 2.53. The Bertz CT molecular complexity index is 574. The molecule has 0 aromatic carbocycles. The van der Waals surface area contributed by atoms with Gasteiger partial charge in [0.2, 0.25) is 0 Å². The molecule has 0 aliphatic heterocycles. The number of halogens is 3. The van der Waals surface area contributed by atoms with E-state index in [0.29, 0.717) is 5.56 Å². The summed E-state index contributed by atoms with van der Waals surface area (Å²) in [6, 6.07) is 2.77. The first-order valence-corrected chi connectivity index (χ1v) is 4.63. The fourth-order valence-corrected chi connectivity index (χ4v) is 1.45. The average Bonchev–Trinajstić information content (AvgIpc) is 2.58. The Morgan fingerprint density at radius 3 is 2.76 bits per heavy atom. The fourth-order valence-electron chi connectivity index (χ4n) is 1.45. The number of carboxylic acids is 1. The Hall–Kier alpha value is -2.05. The van der Waals surface area contributed by atoms with Gasteiger partial charge in [0.25, 0.3) is 0 Å². The van der Waals surface area contributed by atoms with E-state index < -0.39 is 17.8 Å². The second-order valence-electron chi connectivity index (χ2n) is 3.49. The molecular formula is C10H7F3N2O2. The maximum atomic E-state index is 12.4. The van der Waals surface area contributed by atoms with Gasteiger partial charge in [-0.3, -0.25) is 4.79 Å². The third-order valence-electron chi connectivity index (χ3n) is 2.17. The van der Waals surface area contributed by atoms with Crippen LogP contribution in [0, 0.1) is 0 Å². The summed E-state index contributed by atoms with van der Waals surface area (Å²) < 4.78 is 38.3. The number of hydrogen-bond donors (Lipinski definition) is 1. The van der Waals surface area contributed by atoms with Gasteiger partial charge in [-0.15, -0.1) is 0 Å². The lowest BCUT2D eigenvalue weighted by molar-refractivity contribution is -0.141. The van der Waals surface area contributed by atoms with Crippen LogP contribution in [0.25, 0.3) is 5.65 Å². The molecule has 1 N–H and O–H groups in total. The first-order valence-electron chi connectivity index (χ1n) is 4.63. The van der Waals surface area contributed by atoms with Crippen molar-refractivity contribution in [2.75, 3.05) is 0 Å². The molecule has 0 atom stereocenters. The van der Waals surface area contributed by atoms with Gasteiger partial charge in [-0.1, -0.05) is 0 Å². The molecule has 0 saturated carbocycles. The van der Waals surface area contributed by atoms with Gasteiger partial charge < -0.3 is 9.51 Å². The Labute approximate surface area is 93.3 Å². The van der Waals surface area contributed by atoms with Gasteiger partial charge in [0.05, 0.1) is 6.42 Å². The SMILES string of the molecule is O=C(O)Cc1ccn2cc(C(F)(F)F)nc2c1. The van der Waals surface area contributed by atoms with Crippen LogP contribution in [0.1, 0.15) is 11.3 Å². The van der Waals surface area contributed by atoms with Gasteiger partial charge in [-0.05, 0) is 17.7 Å². The van der Waals surface area contributed by atoms with Crippen molar-refractivity contribution in [3.63, 3.8) is 0 Å². The summed E-state index contributed by atoms with van der Waals surface area (Å²) in [5.74, 6) is -1.04. The number of imidazole rings is 1. The maximum Gasteiger partial charge on any atom is 0.434 e. The third kappa shape index (κ3) is 2.38. The van der Waals surface area contributed by atoms with Crippen LogP contribution in [0.2, 0.25) is 0 Å². The van der Waals surface area contributed by atoms with Crippen molar-refractivity contribution >= 4 is 11.6 Å². The first-order chi connectivity index (χ1) is 7.86. The van der Waals surface area contributed by atoms with E-state index in [4.69, 9.17) is 5.11 Å². The van der Waals surface area contributed by atoms with Crippen LogP contribution in [-0.4, -0.2) is 20.5 Å². The number of pyridine rings is 1. The topological polar surface area (TPSA) is 54.6 Å². The van der Waals surface area contributed by atoms with E-state index in [1.54, 1.807) is 0 Å². The highest BCUT2D eigenvalue weighted by molar-refractivity contribution is 5.70. The molecule has 17 heavy (non-hydrogen) atoms. The van der Waals surface area contributed by atoms with Gasteiger partial charge in [0, 0.05) is 12.4 Å². The van der Waals surface area contributed by atoms with Crippen LogP contribution >= 0.6 is 0 Å². The van der Waals surface area contributed by atoms with Crippen molar-refractivity contribution in [1.29, 1.82) is 0 Å². The number of nitrogens with zero attached hydrogens (tertiary/aromatic N) is 2. The van der Waals surface area contributed by atoms with Crippen molar-refractivity contribution in [1.82, 2.24) is 9.38 Å². The zero-order valence-electron chi connectivity index (χ0n) is 8.40. The molecular weight excluding hydrogens is 237 g/mol. The van der Waals surface area contributed by atoms with E-state index in [1.165, 1.54) is 22.7 Å². The number of fused-ring (bicyclic) bond motifs is 1. The molecule has 2 heterocycles. The molecule has 2 aromatic rings. The molecule has 2 rings (SSSR count). The largest absolute Gasteiger partial charge is 0.481 e. The second-order valence-corrected chi connectivity index (χ2v) is 3.49. The van der Waals surface area contributed by atoms with Crippen LogP contribution in [0.3, 0.4) is 0 Å². The van der Waals surface area contributed by atoms with Crippen LogP contribution < -0.4 is 0 Å². The Balaban J connectivity index is 2.44. The van der Waals surface area contributed by atoms with Crippen LogP contribution in [-0.2, 0) is 17.4 Å². The molecule has 90 valence electrons. The van der Waals surface area contributed by atoms with E-state index in [2.05, 4.69) is 4.98 Å². The van der Waals surface area contributed by atoms with E-state index in [9.17, 15) is 18.0 Å². The zero-order valence-corrected chi connectivity index (χ0v) is 8.40. The van der Waals surface area contributed by atoms with E-state index >= 15 is 0 Å². The fraction of sp³-hybridized carbons (Fsp3) is 0.200. The normalized spacial score (nSPS) is 11.9. The minimum Gasteiger partial charge on any atom is -0.481 e. The summed E-state index contributed by atoms with van der Waals surface area (Å²) in [5.41, 5.74) is -0.509. The van der Waals surface area contributed by atoms with Crippen LogP contribution in [0.4, 0.5) is 13.2 Å². The molecule has 7 heteroatoms. The molecule has 0 radical (unpaired) electrons. The van der Waals surface area contributed by atoms with Crippen molar-refractivity contribution in [3.05, 3.63) is 35.8 Å². The van der Waals surface area contributed by atoms with Crippen molar-refractivity contribution < 1.29 is 23.1 Å². The number of carbonyl (C=O) groups is 1. The number of rotatable bonds is 2. The molecule has 2 aromatic heterocycles. The second kappa shape index (κ2) is 3.76. The monoisotopic (exact) mass is 244 g/mol. The highest BCUT2D eigenvalue weighted by atomic mass is 19.4. The van der Waals surface area contributed by atoms with Crippen LogP contribution in [0.15, 0.2) is 24.5 Å². The van der Waals surface area contributed by atoms with Gasteiger partial charge in [-0.25, -0.2) is 4.98 Å². The molecule has 4 nitrogen and oxygen atoms in total. The lowest BCUT2D eigenvalue weighted by atomic mass is 10.2. The Morgan fingerprint density at radius 1 is 1.47 bits per heavy atom. The van der Waals surface area contributed by atoms with E-state index in [1.807, 2.05) is 0 Å². The quantitative estimate of drug-likeness (QED) is 0.878. The summed E-state index contributed by atoms with van der Waals surface area (Å²) in [6.07, 6.45) is -2.53. The van der Waals surface area contributed by atoms with Gasteiger partial charge >= 0.3 is 12.1 Å². The van der Waals surface area contributed by atoms with E-state index in [0.717, 1.165) is 6.20 Å². The molecule has 0 aliphatic carbocycles. The molecule has 0 aliphatic rings. The standard InChI is InChI=1S/C10H7F3N2O2/c11-10(12,13)7-5-15-2-1-6(4-9(16)17)3-8(15)14-7/h1-3,5H,4H2,(H,16,17). The summed E-state index contributed by atoms with van der Waals surface area (Å²) >= 11 is 0. The summed E-state index contributed by atoms with van der Waals surface area (Å²) in [7, 11) is 0. The summed E-state index contributed by atoms with van der Waals surface area (Å²) in [6.45, 7) is 0. The minimum atomic E-state index is -4.50. The van der Waals surface area contributed by atoms with Gasteiger partial charge in [-0.2, -0.15) is 13.2 Å². The minimum absolute atomic E-state index is 0.0797. The lowest BCUT2D eigenvalue weighted by Gasteiger charge is -1.98. The zero-order chi connectivity index (χ0) is 12.6. The number of aromatic nitrogens is 2. The number of carboxylic acid groups (broad SMARTS) is 1. The molecule has 0 fully saturated rings. The maximum absolute atomic E-state index is 12.4. The number of hydrogen-bond acceptors (Lipinski definition) is 2. The van der Waals surface area contributed by atoms with Gasteiger partial charge in [0.1, 0.15) is 5.65 Å². The van der Waals surface area contributed by atoms with Crippen molar-refractivity contribution in [2.45, 2.75) is 12.6 Å². The third-order valence-corrected chi connectivity index (χ3v) is 2.17. The lowest BCUT2D eigenvalue weighted by Crippen LogP contribution is -2.04. The van der Waals surface area contributed by atoms with Gasteiger partial charge in [0.15, 0.2) is 5.69 Å². The molecule has 0 saturated heterocycles. The van der Waals surface area contributed by atoms with Crippen molar-refractivity contribution in [2.24, 2.45) is 0 Å². The molecule has 0 bridgehead atoms. The molecule has 0 amide bonds. The van der Waals surface area contributed by atoms with Crippen molar-refractivity contribution in [3.8, 4) is 0 Å². The predicted molar refractivity (Wildman–Crippen MR) is 51.5 cm³/mol. The number of aliphatic carboxylic acids is 1. The highest BCUT2D eigenvalue weighted by Gasteiger charge is 2.33. The molecule has 0 spiro atoms. The number of alkyl halides is 3. The first kappa shape index (κ1) is 11.4. The van der Waals surface area contributed by atoms with E-state index in [-0.39, 0.29) is 12.1 Å². The smallest absolute Gasteiger partial charge is 0.434 e. The summed E-state index contributed by atoms with van der Waals surface area (Å²) in [4.78, 5) is 13.9. The Morgan fingerprint density at radius 2 is 2.18 bits per heavy atom. The molecule has 0 unspecified atom stereocenters. The highest BCUT2D eigenvalue weighted by Crippen LogP contribution is 2.28. The summed E-state index contributed by atoms with van der Waals surface area (Å²) in [5, 5.41) is 8.57. The van der Waals surface area contributed by atoms with Crippen LogP contribution in [0.5, 0.6) is 0 Å². The predicted octanol–water partition coefficient (Wildman–Crippen LogP) is 1.98. The average molecular weight is 244 g/mol.